The third kappa shape index (κ3) is 3.05. The van der Waals surface area contributed by atoms with Gasteiger partial charge in [-0.2, -0.15) is 0 Å². The van der Waals surface area contributed by atoms with Crippen LogP contribution in [0.15, 0.2) is 0 Å². The van der Waals surface area contributed by atoms with E-state index < -0.39 is 5.60 Å². The molecule has 0 bridgehead atoms. The van der Waals surface area contributed by atoms with Gasteiger partial charge in [0.15, 0.2) is 0 Å². The first kappa shape index (κ1) is 20.0. The van der Waals surface area contributed by atoms with Crippen LogP contribution in [0.3, 0.4) is 0 Å². The number of carbonyl (C=O) groups is 1. The molecule has 4 aliphatic rings. The Hall–Kier alpha value is -0.330. The number of rotatable bonds is 1. The molecule has 2 nitrogen and oxygen atoms in total. The topological polar surface area (TPSA) is 37.3 Å². The lowest BCUT2D eigenvalue weighted by atomic mass is 9.44. The highest BCUT2D eigenvalue weighted by atomic mass is 79.9. The Morgan fingerprint density at radius 1 is 1.04 bits per heavy atom. The number of hydrogen-bond donors (Lipinski definition) is 1. The summed E-state index contributed by atoms with van der Waals surface area (Å²) in [6.07, 6.45) is 10.2. The number of alkyl halides is 1. The highest BCUT2D eigenvalue weighted by molar-refractivity contribution is 9.09. The van der Waals surface area contributed by atoms with Gasteiger partial charge in [-0.25, -0.2) is 0 Å². The zero-order valence-corrected chi connectivity index (χ0v) is 18.8. The summed E-state index contributed by atoms with van der Waals surface area (Å²) in [5, 5.41) is 11.6. The predicted molar refractivity (Wildman–Crippen MR) is 112 cm³/mol. The van der Waals surface area contributed by atoms with Gasteiger partial charge < -0.3 is 5.11 Å². The summed E-state index contributed by atoms with van der Waals surface area (Å²) < 4.78 is 0. The third-order valence-electron chi connectivity index (χ3n) is 9.61. The minimum atomic E-state index is -0.777. The van der Waals surface area contributed by atoms with E-state index in [2.05, 4.69) is 41.6 Å². The van der Waals surface area contributed by atoms with E-state index in [1.54, 1.807) is 0 Å². The molecule has 4 unspecified atom stereocenters. The van der Waals surface area contributed by atoms with Crippen molar-refractivity contribution < 1.29 is 9.90 Å². The Labute approximate surface area is 173 Å². The monoisotopic (exact) mass is 434 g/mol. The quantitative estimate of drug-likeness (QED) is 0.445. The maximum atomic E-state index is 12.3. The molecule has 4 rings (SSSR count). The molecular formula is C24H35BrO2. The zero-order valence-electron chi connectivity index (χ0n) is 17.2. The molecule has 27 heavy (non-hydrogen) atoms. The van der Waals surface area contributed by atoms with Gasteiger partial charge in [-0.05, 0) is 99.2 Å². The molecule has 8 atom stereocenters. The molecule has 150 valence electrons. The molecule has 0 amide bonds. The summed E-state index contributed by atoms with van der Waals surface area (Å²) in [5.41, 5.74) is -0.186. The van der Waals surface area contributed by atoms with Gasteiger partial charge >= 0.3 is 0 Å². The van der Waals surface area contributed by atoms with E-state index in [4.69, 9.17) is 0 Å². The van der Waals surface area contributed by atoms with Gasteiger partial charge in [0.05, 0.1) is 5.33 Å². The van der Waals surface area contributed by atoms with Crippen molar-refractivity contribution in [3.8, 4) is 11.8 Å². The molecular weight excluding hydrogens is 400 g/mol. The minimum absolute atomic E-state index is 0.243. The van der Waals surface area contributed by atoms with Crippen LogP contribution in [0.25, 0.3) is 0 Å². The largest absolute Gasteiger partial charge is 0.378 e. The first-order chi connectivity index (χ1) is 12.7. The average Bonchev–Trinajstić information content (AvgIpc) is 2.98. The minimum Gasteiger partial charge on any atom is -0.378 e. The fourth-order valence-electron chi connectivity index (χ4n) is 8.22. The van der Waals surface area contributed by atoms with Gasteiger partial charge in [0, 0.05) is 5.92 Å². The Morgan fingerprint density at radius 2 is 1.78 bits per heavy atom. The van der Waals surface area contributed by atoms with Gasteiger partial charge in [-0.1, -0.05) is 41.6 Å². The van der Waals surface area contributed by atoms with Gasteiger partial charge in [0.2, 0.25) is 0 Å². The summed E-state index contributed by atoms with van der Waals surface area (Å²) in [4.78, 5) is 12.3. The molecule has 0 aliphatic heterocycles. The summed E-state index contributed by atoms with van der Waals surface area (Å²) in [6.45, 7) is 6.77. The second kappa shape index (κ2) is 6.88. The van der Waals surface area contributed by atoms with Crippen LogP contribution in [0.2, 0.25) is 0 Å². The van der Waals surface area contributed by atoms with Gasteiger partial charge in [-0.15, -0.1) is 0 Å². The highest BCUT2D eigenvalue weighted by Crippen LogP contribution is 2.68. The second-order valence-electron chi connectivity index (χ2n) is 10.6. The number of carbonyl (C=O) groups excluding carboxylic acids is 1. The van der Waals surface area contributed by atoms with Gasteiger partial charge in [-0.3, -0.25) is 4.79 Å². The second-order valence-corrected chi connectivity index (χ2v) is 11.2. The molecule has 0 spiro atoms. The maximum absolute atomic E-state index is 12.3. The van der Waals surface area contributed by atoms with Crippen LogP contribution in [-0.4, -0.2) is 21.8 Å². The Bertz CT molecular complexity index is 678. The maximum Gasteiger partial charge on any atom is 0.133 e. The van der Waals surface area contributed by atoms with E-state index in [1.807, 2.05) is 6.92 Å². The Morgan fingerprint density at radius 3 is 2.48 bits per heavy atom. The van der Waals surface area contributed by atoms with Crippen molar-refractivity contribution in [2.45, 2.75) is 84.2 Å². The molecule has 3 heteroatoms. The molecule has 4 saturated carbocycles. The van der Waals surface area contributed by atoms with Crippen LogP contribution in [-0.2, 0) is 4.79 Å². The van der Waals surface area contributed by atoms with E-state index in [0.717, 1.165) is 43.4 Å². The van der Waals surface area contributed by atoms with Crippen molar-refractivity contribution in [1.29, 1.82) is 0 Å². The van der Waals surface area contributed by atoms with Crippen molar-refractivity contribution in [2.24, 2.45) is 40.4 Å². The summed E-state index contributed by atoms with van der Waals surface area (Å²) in [7, 11) is 0. The summed E-state index contributed by atoms with van der Waals surface area (Å²) >= 11 is 3.36. The van der Waals surface area contributed by atoms with Crippen molar-refractivity contribution >= 4 is 21.7 Å². The third-order valence-corrected chi connectivity index (χ3v) is 9.89. The predicted octanol–water partition coefficient (Wildman–Crippen LogP) is 5.36. The molecule has 1 N–H and O–H groups in total. The number of Topliss-reactive ketones (excluding diaryl/α,β-unsaturated/α-hetero) is 1. The lowest BCUT2D eigenvalue weighted by Crippen LogP contribution is -2.56. The summed E-state index contributed by atoms with van der Waals surface area (Å²) in [5.74, 6) is 9.81. The number of ketones is 1. The molecule has 0 radical (unpaired) electrons. The lowest BCUT2D eigenvalue weighted by Gasteiger charge is -2.61. The molecule has 0 heterocycles. The van der Waals surface area contributed by atoms with E-state index in [1.165, 1.54) is 32.1 Å². The van der Waals surface area contributed by atoms with E-state index >= 15 is 0 Å². The Kier molecular flexibility index (Phi) is 5.08. The summed E-state index contributed by atoms with van der Waals surface area (Å²) in [6, 6.07) is 0. The molecule has 0 aromatic rings. The van der Waals surface area contributed by atoms with Crippen molar-refractivity contribution in [1.82, 2.24) is 0 Å². The van der Waals surface area contributed by atoms with Crippen LogP contribution in [0.5, 0.6) is 0 Å². The number of halogens is 1. The van der Waals surface area contributed by atoms with Crippen molar-refractivity contribution in [2.75, 3.05) is 5.33 Å². The van der Waals surface area contributed by atoms with Crippen molar-refractivity contribution in [3.05, 3.63) is 0 Å². The van der Waals surface area contributed by atoms with E-state index in [9.17, 15) is 9.90 Å². The fourth-order valence-corrected chi connectivity index (χ4v) is 8.36. The van der Waals surface area contributed by atoms with Crippen LogP contribution >= 0.6 is 15.9 Å². The smallest absolute Gasteiger partial charge is 0.133 e. The van der Waals surface area contributed by atoms with Crippen LogP contribution in [0.1, 0.15) is 78.6 Å². The standard InChI is InChI=1S/C24H35BrO2/c1-16(26)19-7-8-20-18-6-5-17-15-24(27,10-4-14-25)13-12-22(17,2)21(18)9-11-23(19,20)3/h17-21,27H,5-9,11-15H2,1-3H3/t17?,18?,19-,20?,21?,22+,23-,24-/m1/s1. The van der Waals surface area contributed by atoms with Gasteiger partial charge in [0.1, 0.15) is 11.4 Å². The number of hydrogen-bond acceptors (Lipinski definition) is 2. The zero-order chi connectivity index (χ0) is 19.4. The van der Waals surface area contributed by atoms with Crippen LogP contribution in [0, 0.1) is 52.3 Å². The SMILES string of the molecule is CC(=O)[C@H]1CCC2C3CCC4C[C@@](O)(C#CCBr)CC[C@]4(C)C3CC[C@@]21C. The average molecular weight is 435 g/mol. The Balaban J connectivity index is 1.57. The molecule has 0 saturated heterocycles. The van der Waals surface area contributed by atoms with E-state index in [0.29, 0.717) is 28.4 Å². The molecule has 4 aliphatic carbocycles. The molecule has 0 aromatic carbocycles. The van der Waals surface area contributed by atoms with Crippen LogP contribution < -0.4 is 0 Å². The first-order valence-electron chi connectivity index (χ1n) is 11.0. The number of fused-ring (bicyclic) bond motifs is 5. The normalized spacial score (nSPS) is 51.4. The van der Waals surface area contributed by atoms with Crippen molar-refractivity contribution in [3.63, 3.8) is 0 Å². The molecule has 4 fully saturated rings. The van der Waals surface area contributed by atoms with Crippen LogP contribution in [0.4, 0.5) is 0 Å². The van der Waals surface area contributed by atoms with E-state index in [-0.39, 0.29) is 5.41 Å². The molecule has 0 aromatic heterocycles. The number of aliphatic hydroxyl groups is 1. The van der Waals surface area contributed by atoms with Gasteiger partial charge in [0.25, 0.3) is 0 Å². The first-order valence-corrected chi connectivity index (χ1v) is 12.1. The highest BCUT2D eigenvalue weighted by Gasteiger charge is 2.61. The fraction of sp³-hybridized carbons (Fsp3) is 0.875. The lowest BCUT2D eigenvalue weighted by molar-refractivity contribution is -0.144.